The zero-order chi connectivity index (χ0) is 16.4. The SMILES string of the molecule is Cc1cc(C)n2cc(CN(CC(C)O)C3CCCCC3)nc2n1. The molecular formula is C18H28N4O. The lowest BCUT2D eigenvalue weighted by Gasteiger charge is -2.34. The van der Waals surface area contributed by atoms with Crippen LogP contribution in [0.2, 0.25) is 0 Å². The molecule has 0 bridgehead atoms. The number of hydrogen-bond acceptors (Lipinski definition) is 4. The highest BCUT2D eigenvalue weighted by Gasteiger charge is 2.23. The second-order valence-electron chi connectivity index (χ2n) is 7.01. The van der Waals surface area contributed by atoms with Gasteiger partial charge in [0.1, 0.15) is 0 Å². The quantitative estimate of drug-likeness (QED) is 0.921. The molecule has 1 aliphatic carbocycles. The van der Waals surface area contributed by atoms with Gasteiger partial charge in [0.2, 0.25) is 5.78 Å². The Labute approximate surface area is 138 Å². The number of imidazole rings is 1. The summed E-state index contributed by atoms with van der Waals surface area (Å²) in [6.07, 6.45) is 8.19. The number of nitrogens with zero attached hydrogens (tertiary/aromatic N) is 4. The van der Waals surface area contributed by atoms with E-state index in [4.69, 9.17) is 4.98 Å². The third-order valence-electron chi connectivity index (χ3n) is 4.77. The number of aliphatic hydroxyl groups excluding tert-OH is 1. The molecule has 2 aromatic heterocycles. The van der Waals surface area contributed by atoms with Crippen LogP contribution in [-0.2, 0) is 6.54 Å². The summed E-state index contributed by atoms with van der Waals surface area (Å²) < 4.78 is 2.06. The van der Waals surface area contributed by atoms with Crippen molar-refractivity contribution in [2.45, 2.75) is 71.6 Å². The van der Waals surface area contributed by atoms with E-state index in [1.54, 1.807) is 0 Å². The van der Waals surface area contributed by atoms with Crippen LogP contribution in [0.15, 0.2) is 12.3 Å². The predicted octanol–water partition coefficient (Wildman–Crippen LogP) is 2.86. The topological polar surface area (TPSA) is 53.7 Å². The largest absolute Gasteiger partial charge is 0.392 e. The van der Waals surface area contributed by atoms with Gasteiger partial charge in [0.05, 0.1) is 11.8 Å². The van der Waals surface area contributed by atoms with Crippen LogP contribution < -0.4 is 0 Å². The van der Waals surface area contributed by atoms with Crippen molar-refractivity contribution in [3.05, 3.63) is 29.3 Å². The third-order valence-corrected chi connectivity index (χ3v) is 4.77. The lowest BCUT2D eigenvalue weighted by atomic mass is 9.94. The van der Waals surface area contributed by atoms with Crippen molar-refractivity contribution in [2.24, 2.45) is 0 Å². The van der Waals surface area contributed by atoms with Gasteiger partial charge in [0, 0.05) is 36.7 Å². The standard InChI is InChI=1S/C18H28N4O/c1-13-9-14(2)22-12-16(20-18(22)19-13)11-21(10-15(3)23)17-7-5-4-6-8-17/h9,12,15,17,23H,4-8,10-11H2,1-3H3. The van der Waals surface area contributed by atoms with Crippen LogP contribution in [0.1, 0.15) is 56.1 Å². The Hall–Kier alpha value is -1.46. The number of rotatable bonds is 5. The zero-order valence-corrected chi connectivity index (χ0v) is 14.5. The Balaban J connectivity index is 1.82. The molecule has 23 heavy (non-hydrogen) atoms. The fourth-order valence-electron chi connectivity index (χ4n) is 3.73. The summed E-state index contributed by atoms with van der Waals surface area (Å²) in [6.45, 7) is 7.46. The minimum atomic E-state index is -0.309. The maximum atomic E-state index is 9.87. The van der Waals surface area contributed by atoms with Crippen LogP contribution in [-0.4, -0.2) is 43.1 Å². The number of aromatic nitrogens is 3. The zero-order valence-electron chi connectivity index (χ0n) is 14.5. The van der Waals surface area contributed by atoms with Crippen LogP contribution in [0, 0.1) is 13.8 Å². The van der Waals surface area contributed by atoms with E-state index in [1.807, 2.05) is 13.8 Å². The average molecular weight is 316 g/mol. The van der Waals surface area contributed by atoms with Gasteiger partial charge in [-0.2, -0.15) is 0 Å². The molecule has 0 saturated heterocycles. The Morgan fingerprint density at radius 3 is 2.70 bits per heavy atom. The molecule has 2 aromatic rings. The summed E-state index contributed by atoms with van der Waals surface area (Å²) in [5, 5.41) is 9.87. The molecule has 0 aromatic carbocycles. The van der Waals surface area contributed by atoms with E-state index in [-0.39, 0.29) is 6.10 Å². The highest BCUT2D eigenvalue weighted by molar-refractivity contribution is 5.34. The maximum Gasteiger partial charge on any atom is 0.234 e. The van der Waals surface area contributed by atoms with E-state index in [2.05, 4.69) is 33.5 Å². The van der Waals surface area contributed by atoms with Gasteiger partial charge in [-0.15, -0.1) is 0 Å². The highest BCUT2D eigenvalue weighted by Crippen LogP contribution is 2.24. The number of aliphatic hydroxyl groups is 1. The lowest BCUT2D eigenvalue weighted by molar-refractivity contribution is 0.0761. The van der Waals surface area contributed by atoms with Crippen molar-refractivity contribution in [2.75, 3.05) is 6.54 Å². The molecule has 3 rings (SSSR count). The summed E-state index contributed by atoms with van der Waals surface area (Å²) in [6, 6.07) is 2.65. The lowest BCUT2D eigenvalue weighted by Crippen LogP contribution is -2.40. The summed E-state index contributed by atoms with van der Waals surface area (Å²) in [7, 11) is 0. The van der Waals surface area contributed by atoms with E-state index >= 15 is 0 Å². The first-order valence-corrected chi connectivity index (χ1v) is 8.77. The van der Waals surface area contributed by atoms with Crippen molar-refractivity contribution < 1.29 is 5.11 Å². The fourth-order valence-corrected chi connectivity index (χ4v) is 3.73. The molecule has 126 valence electrons. The second kappa shape index (κ2) is 6.97. The molecule has 2 heterocycles. The second-order valence-corrected chi connectivity index (χ2v) is 7.01. The first-order valence-electron chi connectivity index (χ1n) is 8.77. The van der Waals surface area contributed by atoms with Gasteiger partial charge in [0.25, 0.3) is 0 Å². The Kier molecular flexibility index (Phi) is 4.97. The summed E-state index contributed by atoms with van der Waals surface area (Å²) in [5.74, 6) is 0.776. The maximum absolute atomic E-state index is 9.87. The Bertz CT molecular complexity index is 658. The van der Waals surface area contributed by atoms with Crippen molar-refractivity contribution in [3.8, 4) is 0 Å². The van der Waals surface area contributed by atoms with E-state index in [1.165, 1.54) is 32.1 Å². The first-order chi connectivity index (χ1) is 11.0. The van der Waals surface area contributed by atoms with Gasteiger partial charge in [-0.3, -0.25) is 9.30 Å². The molecule has 1 atom stereocenters. The number of aryl methyl sites for hydroxylation is 2. The molecule has 0 spiro atoms. The van der Waals surface area contributed by atoms with E-state index in [0.717, 1.165) is 29.4 Å². The van der Waals surface area contributed by atoms with Gasteiger partial charge >= 0.3 is 0 Å². The van der Waals surface area contributed by atoms with Crippen molar-refractivity contribution >= 4 is 5.78 Å². The van der Waals surface area contributed by atoms with Crippen molar-refractivity contribution in [3.63, 3.8) is 0 Å². The molecule has 0 radical (unpaired) electrons. The average Bonchev–Trinajstić information content (AvgIpc) is 2.90. The van der Waals surface area contributed by atoms with Crippen molar-refractivity contribution in [1.29, 1.82) is 0 Å². The van der Waals surface area contributed by atoms with Crippen LogP contribution in [0.5, 0.6) is 0 Å². The van der Waals surface area contributed by atoms with E-state index < -0.39 is 0 Å². The normalized spacial score (nSPS) is 18.0. The van der Waals surface area contributed by atoms with Gasteiger partial charge in [-0.05, 0) is 39.7 Å². The summed E-state index contributed by atoms with van der Waals surface area (Å²) in [4.78, 5) is 11.6. The van der Waals surface area contributed by atoms with Crippen LogP contribution in [0.4, 0.5) is 0 Å². The molecule has 5 nitrogen and oxygen atoms in total. The summed E-state index contributed by atoms with van der Waals surface area (Å²) >= 11 is 0. The molecule has 0 aliphatic heterocycles. The number of hydrogen-bond donors (Lipinski definition) is 1. The molecule has 1 unspecified atom stereocenters. The first kappa shape index (κ1) is 16.4. The monoisotopic (exact) mass is 316 g/mol. The summed E-state index contributed by atoms with van der Waals surface area (Å²) in [5.41, 5.74) is 3.20. The van der Waals surface area contributed by atoms with Crippen LogP contribution in [0.25, 0.3) is 5.78 Å². The molecule has 1 aliphatic rings. The Morgan fingerprint density at radius 2 is 2.00 bits per heavy atom. The van der Waals surface area contributed by atoms with Gasteiger partial charge in [-0.25, -0.2) is 9.97 Å². The van der Waals surface area contributed by atoms with Gasteiger partial charge < -0.3 is 5.11 Å². The van der Waals surface area contributed by atoms with Gasteiger partial charge in [0.15, 0.2) is 0 Å². The molecule has 0 amide bonds. The fraction of sp³-hybridized carbons (Fsp3) is 0.667. The molecule has 1 fully saturated rings. The van der Waals surface area contributed by atoms with E-state index in [9.17, 15) is 5.11 Å². The third kappa shape index (κ3) is 3.90. The van der Waals surface area contributed by atoms with Crippen LogP contribution >= 0.6 is 0 Å². The minimum absolute atomic E-state index is 0.309. The number of fused-ring (bicyclic) bond motifs is 1. The molecular weight excluding hydrogens is 288 g/mol. The van der Waals surface area contributed by atoms with Crippen molar-refractivity contribution in [1.82, 2.24) is 19.3 Å². The molecule has 1 saturated carbocycles. The highest BCUT2D eigenvalue weighted by atomic mass is 16.3. The van der Waals surface area contributed by atoms with E-state index in [0.29, 0.717) is 12.6 Å². The molecule has 1 N–H and O–H groups in total. The minimum Gasteiger partial charge on any atom is -0.392 e. The van der Waals surface area contributed by atoms with Gasteiger partial charge in [-0.1, -0.05) is 19.3 Å². The predicted molar refractivity (Wildman–Crippen MR) is 91.4 cm³/mol. The molecule has 5 heteroatoms. The van der Waals surface area contributed by atoms with Crippen LogP contribution in [0.3, 0.4) is 0 Å². The Morgan fingerprint density at radius 1 is 1.26 bits per heavy atom. The smallest absolute Gasteiger partial charge is 0.234 e.